The van der Waals surface area contributed by atoms with Crippen LogP contribution in [0.5, 0.6) is 0 Å². The highest BCUT2D eigenvalue weighted by Gasteiger charge is 2.59. The first-order valence-corrected chi connectivity index (χ1v) is 11.4. The van der Waals surface area contributed by atoms with Gasteiger partial charge >= 0.3 is 5.97 Å². The highest BCUT2D eigenvalue weighted by atomic mass is 16.8. The minimum Gasteiger partial charge on any atom is -0.467 e. The summed E-state index contributed by atoms with van der Waals surface area (Å²) < 4.78 is 39.9. The predicted molar refractivity (Wildman–Crippen MR) is 115 cm³/mol. The lowest BCUT2D eigenvalue weighted by molar-refractivity contribution is -0.246. The van der Waals surface area contributed by atoms with Crippen LogP contribution in [0.2, 0.25) is 0 Å². The number of amides is 2. The number of hydrogen-bond acceptors (Lipinski definition) is 10. The zero-order valence-electron chi connectivity index (χ0n) is 20.7. The summed E-state index contributed by atoms with van der Waals surface area (Å²) in [5.74, 6) is -3.36. The zero-order chi connectivity index (χ0) is 25.3. The van der Waals surface area contributed by atoms with Crippen molar-refractivity contribution >= 4 is 17.8 Å². The van der Waals surface area contributed by atoms with Crippen LogP contribution in [-0.2, 0) is 47.5 Å². The first-order chi connectivity index (χ1) is 15.8. The second-order valence-corrected chi connectivity index (χ2v) is 9.80. The lowest BCUT2D eigenvalue weighted by Gasteiger charge is -2.26. The highest BCUT2D eigenvalue weighted by molar-refractivity contribution is 5.88. The Balaban J connectivity index is 1.50. The average Bonchev–Trinajstić information content (AvgIpc) is 3.37. The predicted octanol–water partition coefficient (Wildman–Crippen LogP) is -0.170. The van der Waals surface area contributed by atoms with Crippen molar-refractivity contribution in [1.82, 2.24) is 10.6 Å². The molecule has 0 radical (unpaired) electrons. The fraction of sp³-hybridized carbons (Fsp3) is 0.864. The number of carbonyl (C=O) groups is 3. The molecule has 6 atom stereocenters. The van der Waals surface area contributed by atoms with Gasteiger partial charge in [-0.1, -0.05) is 13.8 Å². The summed E-state index contributed by atoms with van der Waals surface area (Å²) in [6, 6.07) is -0.805. The van der Waals surface area contributed by atoms with Crippen molar-refractivity contribution in [3.63, 3.8) is 0 Å². The van der Waals surface area contributed by atoms with Crippen LogP contribution >= 0.6 is 0 Å². The molecule has 0 aliphatic carbocycles. The van der Waals surface area contributed by atoms with Gasteiger partial charge in [0.05, 0.1) is 20.3 Å². The van der Waals surface area contributed by atoms with E-state index in [-0.39, 0.29) is 25.2 Å². The monoisotopic (exact) mass is 488 g/mol. The van der Waals surface area contributed by atoms with E-state index in [0.29, 0.717) is 6.61 Å². The molecule has 0 saturated carbocycles. The molecular formula is C22H36N2O10. The van der Waals surface area contributed by atoms with E-state index < -0.39 is 60.0 Å². The first-order valence-electron chi connectivity index (χ1n) is 11.4. The molecule has 0 spiro atoms. The molecule has 0 bridgehead atoms. The Kier molecular flexibility index (Phi) is 8.21. The molecule has 2 amide bonds. The van der Waals surface area contributed by atoms with Gasteiger partial charge in [-0.3, -0.25) is 9.59 Å². The van der Waals surface area contributed by atoms with Gasteiger partial charge in [-0.25, -0.2) is 4.79 Å². The largest absolute Gasteiger partial charge is 0.467 e. The topological polar surface area (TPSA) is 140 Å². The third-order valence-corrected chi connectivity index (χ3v) is 5.71. The molecule has 3 aliphatic heterocycles. The summed E-state index contributed by atoms with van der Waals surface area (Å²) in [5, 5.41) is 5.01. The summed E-state index contributed by atoms with van der Waals surface area (Å²) in [4.78, 5) is 36.2. The summed E-state index contributed by atoms with van der Waals surface area (Å²) in [5.41, 5.74) is 0. The van der Waals surface area contributed by atoms with Crippen molar-refractivity contribution in [1.29, 1.82) is 0 Å². The molecule has 34 heavy (non-hydrogen) atoms. The van der Waals surface area contributed by atoms with Gasteiger partial charge in [0.1, 0.15) is 37.1 Å². The van der Waals surface area contributed by atoms with Gasteiger partial charge in [-0.05, 0) is 33.6 Å². The standard InChI is InChI=1S/C22H36N2O10/c1-11(2)15(19(27)28-7)24-13(25)8-23-14(26)10-29-20-18-17(33-22(5,6)34-18)16(31-20)12-9-30-21(3,4)32-12/h11-12,15-18,20H,8-10H2,1-7H3,(H,23,26)(H,24,25)/t12-,15+,16-,17+,18+,20+/m1/s1. The summed E-state index contributed by atoms with van der Waals surface area (Å²) in [7, 11) is 1.25. The molecule has 3 fully saturated rings. The molecule has 0 aromatic carbocycles. The number of ether oxygens (including phenoxy) is 7. The second kappa shape index (κ2) is 10.4. The van der Waals surface area contributed by atoms with Crippen molar-refractivity contribution < 1.29 is 47.5 Å². The molecule has 3 rings (SSSR count). The Hall–Kier alpha value is -1.83. The maximum atomic E-state index is 12.3. The fourth-order valence-corrected chi connectivity index (χ4v) is 4.14. The average molecular weight is 489 g/mol. The molecule has 0 aromatic rings. The van der Waals surface area contributed by atoms with Gasteiger partial charge in [0.2, 0.25) is 11.8 Å². The van der Waals surface area contributed by atoms with E-state index in [2.05, 4.69) is 15.4 Å². The second-order valence-electron chi connectivity index (χ2n) is 9.80. The molecule has 194 valence electrons. The van der Waals surface area contributed by atoms with Crippen molar-refractivity contribution in [2.75, 3.05) is 26.9 Å². The van der Waals surface area contributed by atoms with Crippen LogP contribution < -0.4 is 10.6 Å². The van der Waals surface area contributed by atoms with Gasteiger partial charge in [0.25, 0.3) is 0 Å². The minimum absolute atomic E-state index is 0.173. The van der Waals surface area contributed by atoms with Gasteiger partial charge < -0.3 is 43.8 Å². The maximum Gasteiger partial charge on any atom is 0.328 e. The summed E-state index contributed by atoms with van der Waals surface area (Å²) in [6.07, 6.45) is -2.76. The highest BCUT2D eigenvalue weighted by Crippen LogP contribution is 2.42. The van der Waals surface area contributed by atoms with E-state index in [0.717, 1.165) is 0 Å². The smallest absolute Gasteiger partial charge is 0.328 e. The zero-order valence-corrected chi connectivity index (χ0v) is 20.7. The van der Waals surface area contributed by atoms with Gasteiger partial charge in [-0.2, -0.15) is 0 Å². The number of carbonyl (C=O) groups excluding carboxylic acids is 3. The van der Waals surface area contributed by atoms with Gasteiger partial charge in [-0.15, -0.1) is 0 Å². The molecule has 2 N–H and O–H groups in total. The van der Waals surface area contributed by atoms with E-state index in [1.165, 1.54) is 7.11 Å². The van der Waals surface area contributed by atoms with Gasteiger partial charge in [0.15, 0.2) is 17.9 Å². The molecule has 3 aliphatic rings. The molecular weight excluding hydrogens is 452 g/mol. The van der Waals surface area contributed by atoms with Crippen molar-refractivity contribution in [2.45, 2.75) is 89.9 Å². The first kappa shape index (κ1) is 26.8. The van der Waals surface area contributed by atoms with Crippen molar-refractivity contribution in [3.8, 4) is 0 Å². The molecule has 0 aromatic heterocycles. The summed E-state index contributed by atoms with van der Waals surface area (Å²) >= 11 is 0. The Labute approximate surface area is 199 Å². The molecule has 12 nitrogen and oxygen atoms in total. The van der Waals surface area contributed by atoms with Crippen LogP contribution in [-0.4, -0.2) is 93.0 Å². The summed E-state index contributed by atoms with van der Waals surface area (Å²) in [6.45, 7) is 10.4. The van der Waals surface area contributed by atoms with E-state index in [9.17, 15) is 14.4 Å². The van der Waals surface area contributed by atoms with Crippen molar-refractivity contribution in [2.24, 2.45) is 5.92 Å². The quantitative estimate of drug-likeness (QED) is 0.420. The Bertz CT molecular complexity index is 771. The van der Waals surface area contributed by atoms with Gasteiger partial charge in [0, 0.05) is 0 Å². The van der Waals surface area contributed by atoms with E-state index in [4.69, 9.17) is 28.4 Å². The van der Waals surface area contributed by atoms with E-state index >= 15 is 0 Å². The molecule has 12 heteroatoms. The third kappa shape index (κ3) is 6.43. The molecule has 3 heterocycles. The number of esters is 1. The fourth-order valence-electron chi connectivity index (χ4n) is 4.14. The maximum absolute atomic E-state index is 12.3. The van der Waals surface area contributed by atoms with Crippen LogP contribution in [0.15, 0.2) is 0 Å². The molecule has 0 unspecified atom stereocenters. The number of fused-ring (bicyclic) bond motifs is 1. The number of methoxy groups -OCH3 is 1. The van der Waals surface area contributed by atoms with Crippen LogP contribution in [0.3, 0.4) is 0 Å². The van der Waals surface area contributed by atoms with Crippen LogP contribution in [0.25, 0.3) is 0 Å². The van der Waals surface area contributed by atoms with Crippen LogP contribution in [0.4, 0.5) is 0 Å². The lowest BCUT2D eigenvalue weighted by Crippen LogP contribution is -2.49. The third-order valence-electron chi connectivity index (χ3n) is 5.71. The normalized spacial score (nSPS) is 32.3. The van der Waals surface area contributed by atoms with Crippen LogP contribution in [0.1, 0.15) is 41.5 Å². The number of nitrogens with one attached hydrogen (secondary N) is 2. The minimum atomic E-state index is -0.867. The number of hydrogen-bond donors (Lipinski definition) is 2. The SMILES string of the molecule is COC(=O)[C@@H](NC(=O)CNC(=O)CO[C@H]1O[C@H]([C@H]2COC(C)(C)O2)[C@@H]2OC(C)(C)O[C@H]12)C(C)C. The van der Waals surface area contributed by atoms with Crippen LogP contribution in [0, 0.1) is 5.92 Å². The van der Waals surface area contributed by atoms with Crippen molar-refractivity contribution in [3.05, 3.63) is 0 Å². The Morgan fingerprint density at radius 1 is 0.971 bits per heavy atom. The Morgan fingerprint density at radius 3 is 2.24 bits per heavy atom. The van der Waals surface area contributed by atoms with E-state index in [1.54, 1.807) is 27.7 Å². The lowest BCUT2D eigenvalue weighted by atomic mass is 10.0. The van der Waals surface area contributed by atoms with E-state index in [1.807, 2.05) is 13.8 Å². The Morgan fingerprint density at radius 2 is 1.65 bits per heavy atom. The number of rotatable bonds is 9. The molecule has 3 saturated heterocycles.